The van der Waals surface area contributed by atoms with E-state index in [9.17, 15) is 4.79 Å². The molecule has 3 aromatic rings. The third-order valence-electron chi connectivity index (χ3n) is 3.78. The molecule has 0 aliphatic rings. The second kappa shape index (κ2) is 10.4. The number of amides is 1. The standard InChI is InChI=1S/C21H14Br3ClN2O2/c22-16-3-1-2-15(10-16)21(28)27-26-11-14-8-18(23)20(19(24)9-14)29-12-13-4-6-17(25)7-5-13/h1-11H,12H2,(H,27,28)/b26-11-. The van der Waals surface area contributed by atoms with Crippen LogP contribution in [0.1, 0.15) is 21.5 Å². The summed E-state index contributed by atoms with van der Waals surface area (Å²) in [6.45, 7) is 0.407. The predicted octanol–water partition coefficient (Wildman–Crippen LogP) is 6.97. The molecule has 0 spiro atoms. The van der Waals surface area contributed by atoms with Crippen LogP contribution in [0.5, 0.6) is 5.75 Å². The average Bonchev–Trinajstić information content (AvgIpc) is 2.68. The second-order valence-corrected chi connectivity index (χ2v) is 9.00. The Morgan fingerprint density at radius 1 is 1.03 bits per heavy atom. The van der Waals surface area contributed by atoms with Gasteiger partial charge in [0.1, 0.15) is 12.4 Å². The summed E-state index contributed by atoms with van der Waals surface area (Å²) in [5, 5.41) is 4.71. The molecule has 0 fully saturated rings. The fourth-order valence-corrected chi connectivity index (χ4v) is 4.36. The maximum Gasteiger partial charge on any atom is 0.271 e. The van der Waals surface area contributed by atoms with Crippen molar-refractivity contribution in [2.45, 2.75) is 6.61 Å². The van der Waals surface area contributed by atoms with Crippen LogP contribution in [0.25, 0.3) is 0 Å². The van der Waals surface area contributed by atoms with Crippen molar-refractivity contribution < 1.29 is 9.53 Å². The minimum absolute atomic E-state index is 0.288. The van der Waals surface area contributed by atoms with Gasteiger partial charge in [-0.15, -0.1) is 0 Å². The number of halogens is 4. The summed E-state index contributed by atoms with van der Waals surface area (Å²) in [5.41, 5.74) is 4.83. The molecular formula is C21H14Br3ClN2O2. The molecule has 0 saturated carbocycles. The molecule has 1 amide bonds. The molecule has 0 saturated heterocycles. The maximum absolute atomic E-state index is 12.1. The third-order valence-corrected chi connectivity index (χ3v) is 5.71. The fourth-order valence-electron chi connectivity index (χ4n) is 2.39. The van der Waals surface area contributed by atoms with Crippen molar-refractivity contribution in [3.8, 4) is 5.75 Å². The van der Waals surface area contributed by atoms with Crippen LogP contribution in [0.4, 0.5) is 0 Å². The second-order valence-electron chi connectivity index (χ2n) is 5.94. The van der Waals surface area contributed by atoms with Crippen molar-refractivity contribution in [3.63, 3.8) is 0 Å². The highest BCUT2D eigenvalue weighted by atomic mass is 79.9. The molecule has 0 atom stereocenters. The van der Waals surface area contributed by atoms with Crippen LogP contribution in [0.3, 0.4) is 0 Å². The zero-order chi connectivity index (χ0) is 20.8. The van der Waals surface area contributed by atoms with E-state index in [0.717, 1.165) is 24.5 Å². The number of hydrogen-bond donors (Lipinski definition) is 1. The summed E-state index contributed by atoms with van der Waals surface area (Å²) in [6, 6.07) is 18.3. The summed E-state index contributed by atoms with van der Waals surface area (Å²) in [5.74, 6) is 0.388. The Labute approximate surface area is 198 Å². The summed E-state index contributed by atoms with van der Waals surface area (Å²) in [6.07, 6.45) is 1.56. The number of rotatable bonds is 6. The van der Waals surface area contributed by atoms with Crippen LogP contribution in [0, 0.1) is 0 Å². The Balaban J connectivity index is 1.64. The minimum atomic E-state index is -0.288. The minimum Gasteiger partial charge on any atom is -0.487 e. The molecule has 0 heterocycles. The van der Waals surface area contributed by atoms with E-state index in [4.69, 9.17) is 16.3 Å². The van der Waals surface area contributed by atoms with Gasteiger partial charge in [-0.25, -0.2) is 5.43 Å². The van der Waals surface area contributed by atoms with Crippen molar-refractivity contribution in [2.24, 2.45) is 5.10 Å². The first-order valence-electron chi connectivity index (χ1n) is 8.37. The molecule has 8 heteroatoms. The predicted molar refractivity (Wildman–Crippen MR) is 127 cm³/mol. The molecule has 0 aliphatic heterocycles. The van der Waals surface area contributed by atoms with Crippen LogP contribution in [-0.2, 0) is 6.61 Å². The van der Waals surface area contributed by atoms with Gasteiger partial charge in [0.25, 0.3) is 5.91 Å². The Bertz CT molecular complexity index is 1030. The van der Waals surface area contributed by atoms with Gasteiger partial charge in [0, 0.05) is 15.1 Å². The van der Waals surface area contributed by atoms with Crippen LogP contribution >= 0.6 is 59.4 Å². The molecule has 3 rings (SSSR count). The number of carbonyl (C=O) groups excluding carboxylic acids is 1. The van der Waals surface area contributed by atoms with Gasteiger partial charge in [0.15, 0.2) is 0 Å². The number of carbonyl (C=O) groups is 1. The van der Waals surface area contributed by atoms with Crippen molar-refractivity contribution in [2.75, 3.05) is 0 Å². The number of hydrogen-bond acceptors (Lipinski definition) is 3. The van der Waals surface area contributed by atoms with Crippen LogP contribution in [-0.4, -0.2) is 12.1 Å². The molecule has 4 nitrogen and oxygen atoms in total. The Hall–Kier alpha value is -1.67. The first-order chi connectivity index (χ1) is 13.9. The van der Waals surface area contributed by atoms with Gasteiger partial charge in [0.05, 0.1) is 15.2 Å². The quantitative estimate of drug-likeness (QED) is 0.245. The number of benzene rings is 3. The highest BCUT2D eigenvalue weighted by Gasteiger charge is 2.09. The summed E-state index contributed by atoms with van der Waals surface area (Å²) in [7, 11) is 0. The van der Waals surface area contributed by atoms with Gasteiger partial charge >= 0.3 is 0 Å². The molecule has 0 unspecified atom stereocenters. The van der Waals surface area contributed by atoms with Gasteiger partial charge in [-0.1, -0.05) is 45.7 Å². The molecular weight excluding hydrogens is 587 g/mol. The van der Waals surface area contributed by atoms with E-state index in [1.807, 2.05) is 42.5 Å². The third kappa shape index (κ3) is 6.40. The Morgan fingerprint density at radius 2 is 1.72 bits per heavy atom. The van der Waals surface area contributed by atoms with Crippen LogP contribution < -0.4 is 10.2 Å². The average molecular weight is 602 g/mol. The summed E-state index contributed by atoms with van der Waals surface area (Å²) in [4.78, 5) is 12.1. The number of nitrogens with zero attached hydrogens (tertiary/aromatic N) is 1. The van der Waals surface area contributed by atoms with Gasteiger partial charge in [-0.3, -0.25) is 4.79 Å². The van der Waals surface area contributed by atoms with Gasteiger partial charge < -0.3 is 4.74 Å². The van der Waals surface area contributed by atoms with E-state index >= 15 is 0 Å². The molecule has 1 N–H and O–H groups in total. The number of ether oxygens (including phenoxy) is 1. The van der Waals surface area contributed by atoms with Crippen molar-refractivity contribution in [1.82, 2.24) is 5.43 Å². The zero-order valence-corrected chi connectivity index (χ0v) is 20.3. The zero-order valence-electron chi connectivity index (χ0n) is 14.8. The van der Waals surface area contributed by atoms with Gasteiger partial charge in [0.2, 0.25) is 0 Å². The lowest BCUT2D eigenvalue weighted by molar-refractivity contribution is 0.0955. The van der Waals surface area contributed by atoms with E-state index in [1.54, 1.807) is 24.4 Å². The molecule has 0 bridgehead atoms. The number of hydrazone groups is 1. The smallest absolute Gasteiger partial charge is 0.271 e. The highest BCUT2D eigenvalue weighted by molar-refractivity contribution is 9.11. The highest BCUT2D eigenvalue weighted by Crippen LogP contribution is 2.35. The molecule has 148 valence electrons. The van der Waals surface area contributed by atoms with Crippen molar-refractivity contribution in [3.05, 3.63) is 95.8 Å². The Morgan fingerprint density at radius 3 is 2.38 bits per heavy atom. The van der Waals surface area contributed by atoms with E-state index in [0.29, 0.717) is 22.9 Å². The lowest BCUT2D eigenvalue weighted by atomic mass is 10.2. The molecule has 0 aromatic heterocycles. The molecule has 0 radical (unpaired) electrons. The lowest BCUT2D eigenvalue weighted by Crippen LogP contribution is -2.17. The first kappa shape index (κ1) is 22.0. The SMILES string of the molecule is O=C(N/N=C\c1cc(Br)c(OCc2ccc(Cl)cc2)c(Br)c1)c1cccc(Br)c1. The Kier molecular flexibility index (Phi) is 7.89. The molecule has 0 aliphatic carbocycles. The first-order valence-corrected chi connectivity index (χ1v) is 11.1. The largest absolute Gasteiger partial charge is 0.487 e. The van der Waals surface area contributed by atoms with Crippen molar-refractivity contribution >= 4 is 71.5 Å². The number of nitrogens with one attached hydrogen (secondary N) is 1. The van der Waals surface area contributed by atoms with E-state index in [2.05, 4.69) is 58.3 Å². The monoisotopic (exact) mass is 598 g/mol. The van der Waals surface area contributed by atoms with Crippen LogP contribution in [0.2, 0.25) is 5.02 Å². The van der Waals surface area contributed by atoms with Crippen molar-refractivity contribution in [1.29, 1.82) is 0 Å². The topological polar surface area (TPSA) is 50.7 Å². The van der Waals surface area contributed by atoms with E-state index in [1.165, 1.54) is 0 Å². The molecule has 29 heavy (non-hydrogen) atoms. The van der Waals surface area contributed by atoms with E-state index in [-0.39, 0.29) is 5.91 Å². The fraction of sp³-hybridized carbons (Fsp3) is 0.0476. The van der Waals surface area contributed by atoms with Crippen LogP contribution in [0.15, 0.2) is 79.2 Å². The molecule has 3 aromatic carbocycles. The maximum atomic E-state index is 12.1. The lowest BCUT2D eigenvalue weighted by Gasteiger charge is -2.11. The van der Waals surface area contributed by atoms with E-state index < -0.39 is 0 Å². The van der Waals surface area contributed by atoms with Gasteiger partial charge in [-0.2, -0.15) is 5.10 Å². The van der Waals surface area contributed by atoms with Gasteiger partial charge in [-0.05, 0) is 85.5 Å². The summed E-state index contributed by atoms with van der Waals surface area (Å²) >= 11 is 16.3. The summed E-state index contributed by atoms with van der Waals surface area (Å²) < 4.78 is 8.26. The normalized spacial score (nSPS) is 10.9.